The third-order valence-corrected chi connectivity index (χ3v) is 2.19. The number of rotatable bonds is 1. The lowest BCUT2D eigenvalue weighted by Crippen LogP contribution is -2.18. The molecule has 1 rings (SSSR count). The summed E-state index contributed by atoms with van der Waals surface area (Å²) in [6.45, 7) is 5.75. The van der Waals surface area contributed by atoms with E-state index in [1.807, 2.05) is 20.8 Å². The summed E-state index contributed by atoms with van der Waals surface area (Å²) in [4.78, 5) is 0. The van der Waals surface area contributed by atoms with E-state index in [2.05, 4.69) is 0 Å². The number of hydrogen-bond donors (Lipinski definition) is 3. The van der Waals surface area contributed by atoms with Crippen molar-refractivity contribution in [2.45, 2.75) is 26.9 Å². The summed E-state index contributed by atoms with van der Waals surface area (Å²) in [5.74, 6) is 0.123. The van der Waals surface area contributed by atoms with E-state index in [9.17, 15) is 10.2 Å². The van der Waals surface area contributed by atoms with Crippen LogP contribution in [-0.2, 0) is 0 Å². The first kappa shape index (κ1) is 10.9. The van der Waals surface area contributed by atoms with Gasteiger partial charge in [0, 0.05) is 11.3 Å². The lowest BCUT2D eigenvalue weighted by molar-refractivity contribution is 0.0631. The molecule has 0 bridgehead atoms. The van der Waals surface area contributed by atoms with Gasteiger partial charge in [0.1, 0.15) is 5.75 Å². The van der Waals surface area contributed by atoms with Crippen LogP contribution in [0.1, 0.15) is 32.4 Å². The van der Waals surface area contributed by atoms with Gasteiger partial charge in [0.2, 0.25) is 0 Å². The molecule has 0 aliphatic rings. The molecule has 0 fully saturated rings. The molecular formula is C11H17NO2. The number of hydrogen-bond acceptors (Lipinski definition) is 3. The van der Waals surface area contributed by atoms with Crippen LogP contribution in [0.3, 0.4) is 0 Å². The second kappa shape index (κ2) is 3.50. The molecule has 1 aromatic rings. The standard InChI is InChI=1S/C11H17NO2/c1-11(2,3)10(14)8-6-7(13)4-5-9(8)12/h4-6,10,13-14H,12H2,1-3H3. The van der Waals surface area contributed by atoms with E-state index >= 15 is 0 Å². The Balaban J connectivity index is 3.12. The van der Waals surface area contributed by atoms with Gasteiger partial charge >= 0.3 is 0 Å². The number of aromatic hydroxyl groups is 1. The minimum atomic E-state index is -0.672. The molecule has 1 unspecified atom stereocenters. The Morgan fingerprint density at radius 3 is 2.36 bits per heavy atom. The minimum absolute atomic E-state index is 0.123. The van der Waals surface area contributed by atoms with Crippen LogP contribution < -0.4 is 5.73 Å². The average Bonchev–Trinajstić information content (AvgIpc) is 2.06. The highest BCUT2D eigenvalue weighted by atomic mass is 16.3. The molecule has 0 saturated heterocycles. The van der Waals surface area contributed by atoms with Crippen LogP contribution in [0.2, 0.25) is 0 Å². The third-order valence-electron chi connectivity index (χ3n) is 2.19. The molecule has 0 aromatic heterocycles. The van der Waals surface area contributed by atoms with Gasteiger partial charge in [-0.3, -0.25) is 0 Å². The summed E-state index contributed by atoms with van der Waals surface area (Å²) < 4.78 is 0. The maximum Gasteiger partial charge on any atom is 0.116 e. The maximum absolute atomic E-state index is 9.97. The summed E-state index contributed by atoms with van der Waals surface area (Å²) in [6, 6.07) is 4.61. The lowest BCUT2D eigenvalue weighted by atomic mass is 9.84. The fraction of sp³-hybridized carbons (Fsp3) is 0.455. The number of aliphatic hydroxyl groups excluding tert-OH is 1. The molecule has 0 amide bonds. The minimum Gasteiger partial charge on any atom is -0.508 e. The van der Waals surface area contributed by atoms with Crippen molar-refractivity contribution in [3.63, 3.8) is 0 Å². The summed E-state index contributed by atoms with van der Waals surface area (Å²) in [5, 5.41) is 19.3. The summed E-state index contributed by atoms with van der Waals surface area (Å²) in [5.41, 5.74) is 6.51. The molecule has 0 spiro atoms. The zero-order valence-electron chi connectivity index (χ0n) is 8.78. The molecule has 78 valence electrons. The quantitative estimate of drug-likeness (QED) is 0.474. The zero-order valence-corrected chi connectivity index (χ0v) is 8.78. The number of phenols is 1. The Labute approximate surface area is 84.2 Å². The normalized spacial score (nSPS) is 14.0. The molecule has 14 heavy (non-hydrogen) atoms. The van der Waals surface area contributed by atoms with Gasteiger partial charge in [-0.25, -0.2) is 0 Å². The first-order valence-electron chi connectivity index (χ1n) is 4.59. The Morgan fingerprint density at radius 2 is 1.86 bits per heavy atom. The molecule has 0 aliphatic carbocycles. The number of phenolic OH excluding ortho intramolecular Hbond substituents is 1. The second-order valence-corrected chi connectivity index (χ2v) is 4.58. The number of benzene rings is 1. The fourth-order valence-electron chi connectivity index (χ4n) is 1.27. The lowest BCUT2D eigenvalue weighted by Gasteiger charge is -2.27. The van der Waals surface area contributed by atoms with Gasteiger partial charge in [0.15, 0.2) is 0 Å². The van der Waals surface area contributed by atoms with Crippen LogP contribution >= 0.6 is 0 Å². The Morgan fingerprint density at radius 1 is 1.29 bits per heavy atom. The van der Waals surface area contributed by atoms with Crippen LogP contribution in [0.5, 0.6) is 5.75 Å². The van der Waals surface area contributed by atoms with Gasteiger partial charge in [-0.1, -0.05) is 20.8 Å². The van der Waals surface area contributed by atoms with E-state index < -0.39 is 6.10 Å². The van der Waals surface area contributed by atoms with Crippen LogP contribution in [0.25, 0.3) is 0 Å². The van der Waals surface area contributed by atoms with E-state index in [0.717, 1.165) is 0 Å². The smallest absolute Gasteiger partial charge is 0.116 e. The highest BCUT2D eigenvalue weighted by molar-refractivity contribution is 5.51. The summed E-state index contributed by atoms with van der Waals surface area (Å²) in [6.07, 6.45) is -0.672. The third kappa shape index (κ3) is 2.17. The van der Waals surface area contributed by atoms with E-state index in [1.54, 1.807) is 6.07 Å². The Kier molecular flexibility index (Phi) is 2.71. The summed E-state index contributed by atoms with van der Waals surface area (Å²) in [7, 11) is 0. The van der Waals surface area contributed by atoms with Crippen molar-refractivity contribution in [3.8, 4) is 5.75 Å². The molecular weight excluding hydrogens is 178 g/mol. The van der Waals surface area contributed by atoms with Crippen molar-refractivity contribution < 1.29 is 10.2 Å². The molecule has 1 aromatic carbocycles. The van der Waals surface area contributed by atoms with Crippen molar-refractivity contribution in [1.82, 2.24) is 0 Å². The van der Waals surface area contributed by atoms with E-state index in [-0.39, 0.29) is 11.2 Å². The topological polar surface area (TPSA) is 66.5 Å². The molecule has 4 N–H and O–H groups in total. The highest BCUT2D eigenvalue weighted by Gasteiger charge is 2.25. The van der Waals surface area contributed by atoms with Gasteiger partial charge in [0.05, 0.1) is 6.10 Å². The first-order chi connectivity index (χ1) is 6.32. The van der Waals surface area contributed by atoms with Crippen LogP contribution in [0.4, 0.5) is 5.69 Å². The number of nitrogens with two attached hydrogens (primary N) is 1. The Bertz CT molecular complexity index is 329. The first-order valence-corrected chi connectivity index (χ1v) is 4.59. The molecule has 1 atom stereocenters. The molecule has 0 radical (unpaired) electrons. The molecule has 0 aliphatic heterocycles. The van der Waals surface area contributed by atoms with Crippen molar-refractivity contribution in [2.75, 3.05) is 5.73 Å². The van der Waals surface area contributed by atoms with Crippen molar-refractivity contribution in [3.05, 3.63) is 23.8 Å². The maximum atomic E-state index is 9.97. The van der Waals surface area contributed by atoms with Crippen LogP contribution in [0, 0.1) is 5.41 Å². The van der Waals surface area contributed by atoms with Crippen molar-refractivity contribution >= 4 is 5.69 Å². The van der Waals surface area contributed by atoms with Gasteiger partial charge in [-0.05, 0) is 23.6 Å². The average molecular weight is 195 g/mol. The largest absolute Gasteiger partial charge is 0.508 e. The van der Waals surface area contributed by atoms with Crippen molar-refractivity contribution in [2.24, 2.45) is 5.41 Å². The van der Waals surface area contributed by atoms with Crippen LogP contribution in [-0.4, -0.2) is 10.2 Å². The predicted octanol–water partition coefficient (Wildman–Crippen LogP) is 2.05. The Hall–Kier alpha value is -1.22. The second-order valence-electron chi connectivity index (χ2n) is 4.58. The van der Waals surface area contributed by atoms with E-state index in [1.165, 1.54) is 12.1 Å². The van der Waals surface area contributed by atoms with E-state index in [4.69, 9.17) is 5.73 Å². The van der Waals surface area contributed by atoms with E-state index in [0.29, 0.717) is 11.3 Å². The molecule has 3 nitrogen and oxygen atoms in total. The van der Waals surface area contributed by atoms with Crippen molar-refractivity contribution in [1.29, 1.82) is 0 Å². The fourth-order valence-corrected chi connectivity index (χ4v) is 1.27. The van der Waals surface area contributed by atoms with Gasteiger partial charge in [0.25, 0.3) is 0 Å². The summed E-state index contributed by atoms with van der Waals surface area (Å²) >= 11 is 0. The highest BCUT2D eigenvalue weighted by Crippen LogP contribution is 2.36. The van der Waals surface area contributed by atoms with Gasteiger partial charge in [-0.15, -0.1) is 0 Å². The zero-order chi connectivity index (χ0) is 10.9. The predicted molar refractivity (Wildman–Crippen MR) is 56.9 cm³/mol. The van der Waals surface area contributed by atoms with Gasteiger partial charge in [-0.2, -0.15) is 0 Å². The number of nitrogen functional groups attached to an aromatic ring is 1. The molecule has 0 heterocycles. The molecule has 3 heteroatoms. The number of anilines is 1. The number of aliphatic hydroxyl groups is 1. The van der Waals surface area contributed by atoms with Gasteiger partial charge < -0.3 is 15.9 Å². The monoisotopic (exact) mass is 195 g/mol. The molecule has 0 saturated carbocycles. The van der Waals surface area contributed by atoms with Crippen LogP contribution in [0.15, 0.2) is 18.2 Å². The SMILES string of the molecule is CC(C)(C)C(O)c1cc(O)ccc1N.